The van der Waals surface area contributed by atoms with Crippen molar-refractivity contribution in [2.75, 3.05) is 6.54 Å². The summed E-state index contributed by atoms with van der Waals surface area (Å²) in [5.41, 5.74) is 3.64. The summed E-state index contributed by atoms with van der Waals surface area (Å²) in [6, 6.07) is 8.51. The van der Waals surface area contributed by atoms with Crippen LogP contribution in [0.4, 0.5) is 0 Å². The van der Waals surface area contributed by atoms with E-state index in [1.165, 1.54) is 21.7 Å². The summed E-state index contributed by atoms with van der Waals surface area (Å²) in [4.78, 5) is 20.3. The lowest BCUT2D eigenvalue weighted by Gasteiger charge is -2.26. The van der Waals surface area contributed by atoms with E-state index in [0.717, 1.165) is 37.4 Å². The Morgan fingerprint density at radius 2 is 2.05 bits per heavy atom. The molecule has 1 amide bonds. The van der Waals surface area contributed by atoms with E-state index < -0.39 is 0 Å². The van der Waals surface area contributed by atoms with E-state index in [4.69, 9.17) is 4.98 Å². The molecule has 21 heavy (non-hydrogen) atoms. The predicted molar refractivity (Wildman–Crippen MR) is 84.1 cm³/mol. The number of amides is 1. The van der Waals surface area contributed by atoms with Crippen LogP contribution in [0, 0.1) is 12.8 Å². The molecule has 4 rings (SSSR count). The first-order valence-corrected chi connectivity index (χ1v) is 8.37. The zero-order chi connectivity index (χ0) is 14.4. The molecule has 1 saturated carbocycles. The van der Waals surface area contributed by atoms with Crippen molar-refractivity contribution in [2.24, 2.45) is 5.92 Å². The van der Waals surface area contributed by atoms with Gasteiger partial charge in [0.15, 0.2) is 0 Å². The summed E-state index contributed by atoms with van der Waals surface area (Å²) in [6.07, 6.45) is 3.06. The molecule has 1 aliphatic heterocycles. The van der Waals surface area contributed by atoms with E-state index in [2.05, 4.69) is 31.2 Å². The molecule has 0 spiro atoms. The van der Waals surface area contributed by atoms with Crippen molar-refractivity contribution < 1.29 is 4.79 Å². The van der Waals surface area contributed by atoms with Crippen molar-refractivity contribution in [3.8, 4) is 10.6 Å². The maximum absolute atomic E-state index is 12.2. The third kappa shape index (κ3) is 2.48. The fraction of sp³-hybridized carbons (Fsp3) is 0.412. The molecule has 0 N–H and O–H groups in total. The monoisotopic (exact) mass is 298 g/mol. The van der Waals surface area contributed by atoms with Crippen LogP contribution in [0.5, 0.6) is 0 Å². The van der Waals surface area contributed by atoms with E-state index in [9.17, 15) is 4.79 Å². The lowest BCUT2D eigenvalue weighted by Crippen LogP contribution is -2.36. The van der Waals surface area contributed by atoms with Gasteiger partial charge in [-0.1, -0.05) is 29.8 Å². The predicted octanol–water partition coefficient (Wildman–Crippen LogP) is 3.41. The second kappa shape index (κ2) is 4.95. The Balaban J connectivity index is 1.58. The van der Waals surface area contributed by atoms with Crippen LogP contribution in [0.1, 0.15) is 29.0 Å². The van der Waals surface area contributed by atoms with Crippen LogP contribution in [0.25, 0.3) is 10.6 Å². The van der Waals surface area contributed by atoms with Gasteiger partial charge in [0.1, 0.15) is 5.01 Å². The average molecular weight is 298 g/mol. The number of benzene rings is 1. The van der Waals surface area contributed by atoms with E-state index in [1.54, 1.807) is 11.3 Å². The van der Waals surface area contributed by atoms with Crippen LogP contribution in [0.3, 0.4) is 0 Å². The van der Waals surface area contributed by atoms with Crippen molar-refractivity contribution in [2.45, 2.75) is 32.7 Å². The molecule has 2 aliphatic rings. The van der Waals surface area contributed by atoms with Gasteiger partial charge >= 0.3 is 0 Å². The van der Waals surface area contributed by atoms with Gasteiger partial charge in [-0.25, -0.2) is 4.98 Å². The topological polar surface area (TPSA) is 33.2 Å². The van der Waals surface area contributed by atoms with Crippen LogP contribution >= 0.6 is 11.3 Å². The quantitative estimate of drug-likeness (QED) is 0.851. The molecule has 0 radical (unpaired) electrons. The molecular formula is C17H18N2OS. The fourth-order valence-corrected chi connectivity index (χ4v) is 3.92. The van der Waals surface area contributed by atoms with Crippen LogP contribution in [0.2, 0.25) is 0 Å². The summed E-state index contributed by atoms with van der Waals surface area (Å²) < 4.78 is 0. The maximum Gasteiger partial charge on any atom is 0.226 e. The Morgan fingerprint density at radius 1 is 1.29 bits per heavy atom. The number of carbonyl (C=O) groups excluding carboxylic acids is 1. The molecule has 4 heteroatoms. The molecule has 1 fully saturated rings. The molecule has 3 nitrogen and oxygen atoms in total. The van der Waals surface area contributed by atoms with Crippen molar-refractivity contribution in [1.29, 1.82) is 0 Å². The summed E-state index contributed by atoms with van der Waals surface area (Å²) >= 11 is 1.74. The van der Waals surface area contributed by atoms with E-state index in [1.807, 2.05) is 4.90 Å². The lowest BCUT2D eigenvalue weighted by molar-refractivity contribution is -0.133. The molecule has 0 saturated heterocycles. The normalized spacial score (nSPS) is 17.7. The third-order valence-corrected chi connectivity index (χ3v) is 5.40. The first kappa shape index (κ1) is 13.0. The van der Waals surface area contributed by atoms with Gasteiger partial charge in [0.05, 0.1) is 12.2 Å². The molecule has 1 aromatic heterocycles. The average Bonchev–Trinajstić information content (AvgIpc) is 3.26. The molecule has 2 aromatic rings. The molecule has 0 unspecified atom stereocenters. The number of carbonyl (C=O) groups is 1. The van der Waals surface area contributed by atoms with Gasteiger partial charge in [0, 0.05) is 29.3 Å². The molecule has 1 aromatic carbocycles. The van der Waals surface area contributed by atoms with Crippen LogP contribution in [0.15, 0.2) is 24.3 Å². The van der Waals surface area contributed by atoms with Gasteiger partial charge in [0.2, 0.25) is 5.91 Å². The number of hydrogen-bond donors (Lipinski definition) is 0. The second-order valence-corrected chi connectivity index (χ2v) is 7.12. The van der Waals surface area contributed by atoms with Gasteiger partial charge < -0.3 is 4.90 Å². The Labute approximate surface area is 128 Å². The van der Waals surface area contributed by atoms with Crippen molar-refractivity contribution in [3.63, 3.8) is 0 Å². The molecule has 108 valence electrons. The van der Waals surface area contributed by atoms with Crippen molar-refractivity contribution >= 4 is 17.2 Å². The highest BCUT2D eigenvalue weighted by Gasteiger charge is 2.35. The highest BCUT2D eigenvalue weighted by molar-refractivity contribution is 7.15. The number of nitrogens with zero attached hydrogens (tertiary/aromatic N) is 2. The Hall–Kier alpha value is -1.68. The minimum Gasteiger partial charge on any atom is -0.337 e. The van der Waals surface area contributed by atoms with Gasteiger partial charge in [-0.3, -0.25) is 4.79 Å². The van der Waals surface area contributed by atoms with E-state index in [-0.39, 0.29) is 0 Å². The lowest BCUT2D eigenvalue weighted by atomic mass is 10.1. The molecule has 0 atom stereocenters. The van der Waals surface area contributed by atoms with E-state index in [0.29, 0.717) is 11.8 Å². The van der Waals surface area contributed by atoms with Gasteiger partial charge in [-0.15, -0.1) is 11.3 Å². The van der Waals surface area contributed by atoms with Gasteiger partial charge in [0.25, 0.3) is 0 Å². The second-order valence-electron chi connectivity index (χ2n) is 6.04. The number of hydrogen-bond acceptors (Lipinski definition) is 3. The first-order chi connectivity index (χ1) is 10.2. The van der Waals surface area contributed by atoms with Gasteiger partial charge in [-0.2, -0.15) is 0 Å². The fourth-order valence-electron chi connectivity index (χ4n) is 2.79. The summed E-state index contributed by atoms with van der Waals surface area (Å²) in [7, 11) is 0. The van der Waals surface area contributed by atoms with Crippen molar-refractivity contribution in [3.05, 3.63) is 40.4 Å². The largest absolute Gasteiger partial charge is 0.337 e. The van der Waals surface area contributed by atoms with E-state index >= 15 is 0 Å². The van der Waals surface area contributed by atoms with Crippen LogP contribution in [-0.4, -0.2) is 22.3 Å². The Morgan fingerprint density at radius 3 is 2.76 bits per heavy atom. The highest BCUT2D eigenvalue weighted by atomic mass is 32.1. The third-order valence-electron chi connectivity index (χ3n) is 4.27. The number of thiazole rings is 1. The molecule has 0 bridgehead atoms. The van der Waals surface area contributed by atoms with Gasteiger partial charge in [-0.05, 0) is 19.8 Å². The summed E-state index contributed by atoms with van der Waals surface area (Å²) in [6.45, 7) is 3.69. The molecule has 1 aliphatic carbocycles. The zero-order valence-corrected chi connectivity index (χ0v) is 12.9. The molecular weight excluding hydrogens is 280 g/mol. The van der Waals surface area contributed by atoms with Crippen molar-refractivity contribution in [1.82, 2.24) is 9.88 Å². The van der Waals surface area contributed by atoms with Crippen LogP contribution < -0.4 is 0 Å². The highest BCUT2D eigenvalue weighted by Crippen LogP contribution is 2.35. The minimum atomic E-state index is 0.316. The number of fused-ring (bicyclic) bond motifs is 1. The summed E-state index contributed by atoms with van der Waals surface area (Å²) in [5.74, 6) is 0.668. The number of rotatable bonds is 2. The number of aryl methyl sites for hydroxylation is 1. The Kier molecular flexibility index (Phi) is 3.07. The zero-order valence-electron chi connectivity index (χ0n) is 12.1. The molecule has 2 heterocycles. The van der Waals surface area contributed by atoms with Crippen LogP contribution in [-0.2, 0) is 17.8 Å². The first-order valence-electron chi connectivity index (χ1n) is 7.55. The smallest absolute Gasteiger partial charge is 0.226 e. The summed E-state index contributed by atoms with van der Waals surface area (Å²) in [5, 5.41) is 1.08. The Bertz CT molecular complexity index is 685. The standard InChI is InChI=1S/C17H18N2OS/c1-11-2-4-12(5-3-11)16-18-14-8-9-19(10-15(14)21-16)17(20)13-6-7-13/h2-5,13H,6-10H2,1H3. The number of aromatic nitrogens is 1. The minimum absolute atomic E-state index is 0.316. The SMILES string of the molecule is Cc1ccc(-c2nc3c(s2)CN(C(=O)C2CC2)CC3)cc1. The maximum atomic E-state index is 12.2.